The third-order valence-corrected chi connectivity index (χ3v) is 4.41. The number of alkyl halides is 2. The van der Waals surface area contributed by atoms with Gasteiger partial charge in [0.1, 0.15) is 5.82 Å². The van der Waals surface area contributed by atoms with Crippen LogP contribution in [0.25, 0.3) is 11.3 Å². The number of aryl methyl sites for hydroxylation is 1. The second-order valence-corrected chi connectivity index (χ2v) is 6.53. The second-order valence-electron chi connectivity index (χ2n) is 6.12. The molecule has 10 heteroatoms. The molecule has 0 unspecified atom stereocenters. The molecule has 1 aromatic heterocycles. The number of nitrogens with zero attached hydrogens (tertiary/aromatic N) is 2. The first-order valence-corrected chi connectivity index (χ1v) is 8.59. The van der Waals surface area contributed by atoms with E-state index in [1.54, 1.807) is 19.1 Å². The highest BCUT2D eigenvalue weighted by atomic mass is 35.5. The average molecular weight is 422 g/mol. The fourth-order valence-corrected chi connectivity index (χ4v) is 2.96. The maximum Gasteiger partial charge on any atom is 0.586 e. The zero-order valence-electron chi connectivity index (χ0n) is 14.7. The van der Waals surface area contributed by atoms with E-state index in [9.17, 15) is 18.0 Å². The number of hydrogen-bond donors (Lipinski definition) is 1. The van der Waals surface area contributed by atoms with E-state index in [4.69, 9.17) is 11.6 Å². The summed E-state index contributed by atoms with van der Waals surface area (Å²) in [6, 6.07) is 6.90. The fraction of sp³-hybridized carbons (Fsp3) is 0.105. The van der Waals surface area contributed by atoms with Crippen LogP contribution in [-0.2, 0) is 0 Å². The van der Waals surface area contributed by atoms with Crippen molar-refractivity contribution >= 4 is 23.3 Å². The van der Waals surface area contributed by atoms with Gasteiger partial charge in [0.2, 0.25) is 0 Å². The van der Waals surface area contributed by atoms with Crippen molar-refractivity contribution in [3.05, 3.63) is 64.7 Å². The Morgan fingerprint density at radius 1 is 1.14 bits per heavy atom. The summed E-state index contributed by atoms with van der Waals surface area (Å²) in [7, 11) is 0. The van der Waals surface area contributed by atoms with Crippen LogP contribution in [0.5, 0.6) is 11.5 Å². The van der Waals surface area contributed by atoms with Gasteiger partial charge in [0.25, 0.3) is 5.91 Å². The van der Waals surface area contributed by atoms with Crippen molar-refractivity contribution in [3.63, 3.8) is 0 Å². The number of nitrogens with one attached hydrogen (secondary N) is 1. The van der Waals surface area contributed by atoms with E-state index in [1.165, 1.54) is 30.6 Å². The van der Waals surface area contributed by atoms with Gasteiger partial charge in [-0.3, -0.25) is 9.78 Å². The summed E-state index contributed by atoms with van der Waals surface area (Å²) in [6.45, 7) is 1.55. The number of carbonyl (C=O) groups is 1. The van der Waals surface area contributed by atoms with Gasteiger partial charge in [0, 0.05) is 11.6 Å². The van der Waals surface area contributed by atoms with Crippen LogP contribution in [0, 0.1) is 12.7 Å². The Bertz CT molecular complexity index is 1120. The lowest BCUT2D eigenvalue weighted by Gasteiger charge is -2.08. The van der Waals surface area contributed by atoms with Crippen LogP contribution < -0.4 is 14.8 Å². The fourth-order valence-electron chi connectivity index (χ4n) is 2.71. The van der Waals surface area contributed by atoms with Crippen molar-refractivity contribution in [2.24, 2.45) is 0 Å². The van der Waals surface area contributed by atoms with Crippen LogP contribution in [0.1, 0.15) is 15.9 Å². The van der Waals surface area contributed by atoms with E-state index in [0.717, 1.165) is 0 Å². The van der Waals surface area contributed by atoms with Crippen molar-refractivity contribution in [1.82, 2.24) is 9.97 Å². The highest BCUT2D eigenvalue weighted by molar-refractivity contribution is 6.33. The SMILES string of the molecule is Cc1cccc(C(=O)Nc2cnc(-c3cc4c(cc3Cl)OC(F)(F)O4)cn2)c1F. The molecule has 6 nitrogen and oxygen atoms in total. The summed E-state index contributed by atoms with van der Waals surface area (Å²) in [4.78, 5) is 20.4. The smallest absolute Gasteiger partial charge is 0.395 e. The Morgan fingerprint density at radius 2 is 1.86 bits per heavy atom. The summed E-state index contributed by atoms with van der Waals surface area (Å²) in [5.74, 6) is -1.62. The van der Waals surface area contributed by atoms with Gasteiger partial charge < -0.3 is 14.8 Å². The molecular weight excluding hydrogens is 411 g/mol. The highest BCUT2D eigenvalue weighted by Crippen LogP contribution is 2.45. The van der Waals surface area contributed by atoms with Crippen LogP contribution in [0.15, 0.2) is 42.7 Å². The van der Waals surface area contributed by atoms with Gasteiger partial charge in [-0.25, -0.2) is 9.37 Å². The molecule has 2 heterocycles. The third kappa shape index (κ3) is 3.68. The van der Waals surface area contributed by atoms with E-state index >= 15 is 0 Å². The molecule has 0 spiro atoms. The third-order valence-electron chi connectivity index (χ3n) is 4.10. The average Bonchev–Trinajstić information content (AvgIpc) is 2.96. The first-order chi connectivity index (χ1) is 13.7. The Morgan fingerprint density at radius 3 is 2.55 bits per heavy atom. The number of fused-ring (bicyclic) bond motifs is 1. The minimum absolute atomic E-state index is 0.0723. The van der Waals surface area contributed by atoms with Gasteiger partial charge in [-0.1, -0.05) is 23.7 Å². The van der Waals surface area contributed by atoms with E-state index in [-0.39, 0.29) is 39.2 Å². The van der Waals surface area contributed by atoms with E-state index in [2.05, 4.69) is 24.8 Å². The molecule has 148 valence electrons. The predicted molar refractivity (Wildman–Crippen MR) is 97.8 cm³/mol. The minimum atomic E-state index is -3.77. The molecule has 0 saturated carbocycles. The highest BCUT2D eigenvalue weighted by Gasteiger charge is 2.43. The van der Waals surface area contributed by atoms with Crippen molar-refractivity contribution in [1.29, 1.82) is 0 Å². The van der Waals surface area contributed by atoms with Crippen LogP contribution in [0.2, 0.25) is 5.02 Å². The van der Waals surface area contributed by atoms with Crippen molar-refractivity contribution in [2.75, 3.05) is 5.32 Å². The van der Waals surface area contributed by atoms with Gasteiger partial charge in [0.05, 0.1) is 28.7 Å². The molecule has 4 rings (SSSR count). The number of rotatable bonds is 3. The molecule has 0 fully saturated rings. The van der Waals surface area contributed by atoms with Crippen molar-refractivity contribution in [3.8, 4) is 22.8 Å². The van der Waals surface area contributed by atoms with Crippen molar-refractivity contribution in [2.45, 2.75) is 13.2 Å². The van der Waals surface area contributed by atoms with Gasteiger partial charge >= 0.3 is 6.29 Å². The lowest BCUT2D eigenvalue weighted by atomic mass is 10.1. The number of benzene rings is 2. The Labute approximate surface area is 167 Å². The monoisotopic (exact) mass is 421 g/mol. The number of carbonyl (C=O) groups excluding carboxylic acids is 1. The molecule has 1 N–H and O–H groups in total. The van der Waals surface area contributed by atoms with Crippen LogP contribution in [-0.4, -0.2) is 22.2 Å². The summed E-state index contributed by atoms with van der Waals surface area (Å²) < 4.78 is 49.2. The zero-order valence-corrected chi connectivity index (χ0v) is 15.4. The lowest BCUT2D eigenvalue weighted by molar-refractivity contribution is -0.286. The van der Waals surface area contributed by atoms with Crippen LogP contribution >= 0.6 is 11.6 Å². The normalized spacial score (nSPS) is 14.0. The van der Waals surface area contributed by atoms with Crippen LogP contribution in [0.4, 0.5) is 19.0 Å². The van der Waals surface area contributed by atoms with Gasteiger partial charge in [-0.2, -0.15) is 0 Å². The minimum Gasteiger partial charge on any atom is -0.395 e. The van der Waals surface area contributed by atoms with Gasteiger partial charge in [-0.05, 0) is 24.6 Å². The standard InChI is InChI=1S/C19H11ClF3N3O3/c1-9-3-2-4-10(17(9)21)18(27)26-16-8-24-13(7-25-16)11-5-14-15(6-12(11)20)29-19(22,23)28-14/h2-8H,1H3,(H,25,26,27). The molecule has 1 amide bonds. The number of anilines is 1. The molecule has 0 radical (unpaired) electrons. The van der Waals surface area contributed by atoms with Gasteiger partial charge in [-0.15, -0.1) is 8.78 Å². The first kappa shape index (κ1) is 19.0. The van der Waals surface area contributed by atoms with E-state index in [1.807, 2.05) is 0 Å². The van der Waals surface area contributed by atoms with Crippen molar-refractivity contribution < 1.29 is 27.4 Å². The van der Waals surface area contributed by atoms with Crippen LogP contribution in [0.3, 0.4) is 0 Å². The molecule has 1 aliphatic heterocycles. The molecule has 3 aromatic rings. The summed E-state index contributed by atoms with van der Waals surface area (Å²) >= 11 is 6.11. The number of amides is 1. The molecule has 0 aliphatic carbocycles. The molecule has 0 bridgehead atoms. The Hall–Kier alpha value is -3.33. The number of hydrogen-bond acceptors (Lipinski definition) is 5. The zero-order chi connectivity index (χ0) is 20.8. The quantitative estimate of drug-likeness (QED) is 0.656. The Balaban J connectivity index is 1.56. The molecule has 29 heavy (non-hydrogen) atoms. The van der Waals surface area contributed by atoms with E-state index in [0.29, 0.717) is 5.56 Å². The summed E-state index contributed by atoms with van der Waals surface area (Å²) in [5.41, 5.74) is 0.732. The number of halogens is 4. The molecule has 1 aliphatic rings. The van der Waals surface area contributed by atoms with E-state index < -0.39 is 18.0 Å². The second kappa shape index (κ2) is 6.93. The maximum atomic E-state index is 14.1. The first-order valence-electron chi connectivity index (χ1n) is 8.22. The molecular formula is C19H11ClF3N3O3. The number of ether oxygens (including phenoxy) is 2. The molecule has 0 atom stereocenters. The van der Waals surface area contributed by atoms with Gasteiger partial charge in [0.15, 0.2) is 17.3 Å². The predicted octanol–water partition coefficient (Wildman–Crippen LogP) is 4.82. The largest absolute Gasteiger partial charge is 0.586 e. The molecule has 0 saturated heterocycles. The molecule has 2 aromatic carbocycles. The summed E-state index contributed by atoms with van der Waals surface area (Å²) in [5, 5.41) is 2.54. The number of aromatic nitrogens is 2. The Kier molecular flexibility index (Phi) is 4.54. The summed E-state index contributed by atoms with van der Waals surface area (Å²) in [6.07, 6.45) is -1.25. The maximum absolute atomic E-state index is 14.1. The topological polar surface area (TPSA) is 73.3 Å². The lowest BCUT2D eigenvalue weighted by Crippen LogP contribution is -2.25.